The molecule has 0 bridgehead atoms. The van der Waals surface area contributed by atoms with Crippen LogP contribution in [0.3, 0.4) is 0 Å². The normalized spacial score (nSPS) is 15.9. The lowest BCUT2D eigenvalue weighted by Gasteiger charge is -2.11. The fourth-order valence-corrected chi connectivity index (χ4v) is 2.27. The second-order valence-corrected chi connectivity index (χ2v) is 4.77. The Labute approximate surface area is 115 Å². The number of carbonyl (C=O) groups excluding carboxylic acids is 1. The smallest absolute Gasteiger partial charge is 0.262 e. The SMILES string of the molecule is N#C/C(=C/c1cccc(F)c1F)C(=O)NC1CCCC1. The van der Waals surface area contributed by atoms with Crippen LogP contribution in [-0.4, -0.2) is 11.9 Å². The van der Waals surface area contributed by atoms with Gasteiger partial charge < -0.3 is 5.32 Å². The lowest BCUT2D eigenvalue weighted by molar-refractivity contribution is -0.117. The average Bonchev–Trinajstić information content (AvgIpc) is 2.93. The van der Waals surface area contributed by atoms with E-state index in [1.165, 1.54) is 12.1 Å². The predicted molar refractivity (Wildman–Crippen MR) is 70.3 cm³/mol. The van der Waals surface area contributed by atoms with Gasteiger partial charge >= 0.3 is 0 Å². The summed E-state index contributed by atoms with van der Waals surface area (Å²) >= 11 is 0. The highest BCUT2D eigenvalue weighted by Gasteiger charge is 2.19. The second-order valence-electron chi connectivity index (χ2n) is 4.77. The number of nitrogens with zero attached hydrogens (tertiary/aromatic N) is 1. The number of hydrogen-bond acceptors (Lipinski definition) is 2. The third kappa shape index (κ3) is 3.21. The molecule has 3 nitrogen and oxygen atoms in total. The van der Waals surface area contributed by atoms with Crippen LogP contribution in [0.2, 0.25) is 0 Å². The van der Waals surface area contributed by atoms with Crippen LogP contribution >= 0.6 is 0 Å². The molecule has 1 fully saturated rings. The number of halogens is 2. The summed E-state index contributed by atoms with van der Waals surface area (Å²) in [5.41, 5.74) is -0.329. The number of hydrogen-bond donors (Lipinski definition) is 1. The van der Waals surface area contributed by atoms with E-state index in [0.717, 1.165) is 37.8 Å². The maximum atomic E-state index is 13.5. The summed E-state index contributed by atoms with van der Waals surface area (Å²) in [6.45, 7) is 0. The van der Waals surface area contributed by atoms with Crippen LogP contribution in [0.5, 0.6) is 0 Å². The van der Waals surface area contributed by atoms with Crippen molar-refractivity contribution in [2.75, 3.05) is 0 Å². The van der Waals surface area contributed by atoms with E-state index in [1.54, 1.807) is 6.07 Å². The molecular weight excluding hydrogens is 262 g/mol. The van der Waals surface area contributed by atoms with Crippen LogP contribution in [0.25, 0.3) is 6.08 Å². The van der Waals surface area contributed by atoms with Crippen molar-refractivity contribution < 1.29 is 13.6 Å². The number of nitriles is 1. The van der Waals surface area contributed by atoms with E-state index >= 15 is 0 Å². The van der Waals surface area contributed by atoms with Gasteiger partial charge in [-0.1, -0.05) is 25.0 Å². The van der Waals surface area contributed by atoms with E-state index in [2.05, 4.69) is 5.32 Å². The minimum atomic E-state index is -1.06. The molecule has 0 heterocycles. The van der Waals surface area contributed by atoms with Crippen LogP contribution < -0.4 is 5.32 Å². The van der Waals surface area contributed by atoms with Gasteiger partial charge in [0.25, 0.3) is 5.91 Å². The molecule has 0 spiro atoms. The molecule has 20 heavy (non-hydrogen) atoms. The Morgan fingerprint density at radius 3 is 2.70 bits per heavy atom. The summed E-state index contributed by atoms with van der Waals surface area (Å²) in [5.74, 6) is -2.61. The first-order chi connectivity index (χ1) is 9.61. The molecule has 5 heteroatoms. The number of carbonyl (C=O) groups is 1. The van der Waals surface area contributed by atoms with Gasteiger partial charge in [-0.3, -0.25) is 4.79 Å². The molecule has 1 saturated carbocycles. The standard InChI is InChI=1S/C15H14F2N2O/c16-13-7-3-4-10(14(13)17)8-11(9-18)15(20)19-12-5-1-2-6-12/h3-4,7-8,12H,1-2,5-6H2,(H,19,20)/b11-8-. The zero-order valence-electron chi connectivity index (χ0n) is 10.8. The third-order valence-corrected chi connectivity index (χ3v) is 3.34. The molecule has 1 aliphatic carbocycles. The Balaban J connectivity index is 2.18. The summed E-state index contributed by atoms with van der Waals surface area (Å²) in [7, 11) is 0. The maximum absolute atomic E-state index is 13.5. The topological polar surface area (TPSA) is 52.9 Å². The average molecular weight is 276 g/mol. The van der Waals surface area contributed by atoms with E-state index in [1.807, 2.05) is 0 Å². The summed E-state index contributed by atoms with van der Waals surface area (Å²) in [6, 6.07) is 5.43. The zero-order valence-corrected chi connectivity index (χ0v) is 10.8. The first-order valence-electron chi connectivity index (χ1n) is 6.48. The van der Waals surface area contributed by atoms with E-state index in [0.29, 0.717) is 0 Å². The van der Waals surface area contributed by atoms with Crippen LogP contribution in [0.4, 0.5) is 8.78 Å². The molecule has 1 N–H and O–H groups in total. The van der Waals surface area contributed by atoms with E-state index in [4.69, 9.17) is 5.26 Å². The van der Waals surface area contributed by atoms with Crippen molar-refractivity contribution in [1.82, 2.24) is 5.32 Å². The lowest BCUT2D eigenvalue weighted by Crippen LogP contribution is -2.33. The monoisotopic (exact) mass is 276 g/mol. The molecule has 0 aromatic heterocycles. The molecule has 0 unspecified atom stereocenters. The van der Waals surface area contributed by atoms with Crippen molar-refractivity contribution in [2.45, 2.75) is 31.7 Å². The van der Waals surface area contributed by atoms with Gasteiger partial charge in [0.2, 0.25) is 0 Å². The number of rotatable bonds is 3. The molecule has 2 rings (SSSR count). The zero-order chi connectivity index (χ0) is 14.5. The minimum Gasteiger partial charge on any atom is -0.349 e. The molecule has 1 aliphatic rings. The second kappa shape index (κ2) is 6.29. The van der Waals surface area contributed by atoms with Crippen LogP contribution in [-0.2, 0) is 4.79 Å². The molecule has 1 aromatic carbocycles. The van der Waals surface area contributed by atoms with Crippen LogP contribution in [0.1, 0.15) is 31.2 Å². The summed E-state index contributed by atoms with van der Waals surface area (Å²) in [5, 5.41) is 11.7. The molecular formula is C15H14F2N2O. The summed E-state index contributed by atoms with van der Waals surface area (Å²) < 4.78 is 26.6. The first-order valence-corrected chi connectivity index (χ1v) is 6.48. The molecule has 1 aromatic rings. The van der Waals surface area contributed by atoms with Crippen LogP contribution in [0, 0.1) is 23.0 Å². The first kappa shape index (κ1) is 14.2. The van der Waals surface area contributed by atoms with Crippen molar-refractivity contribution >= 4 is 12.0 Å². The van der Waals surface area contributed by atoms with Crippen molar-refractivity contribution in [3.05, 3.63) is 41.0 Å². The Morgan fingerprint density at radius 1 is 1.35 bits per heavy atom. The number of nitrogens with one attached hydrogen (secondary N) is 1. The Morgan fingerprint density at radius 2 is 2.05 bits per heavy atom. The maximum Gasteiger partial charge on any atom is 0.262 e. The molecule has 0 saturated heterocycles. The molecule has 1 amide bonds. The number of amides is 1. The van der Waals surface area contributed by atoms with Gasteiger partial charge in [0.05, 0.1) is 0 Å². The fraction of sp³-hybridized carbons (Fsp3) is 0.333. The fourth-order valence-electron chi connectivity index (χ4n) is 2.27. The lowest BCUT2D eigenvalue weighted by atomic mass is 10.1. The van der Waals surface area contributed by atoms with Gasteiger partial charge in [-0.25, -0.2) is 8.78 Å². The Hall–Kier alpha value is -2.22. The van der Waals surface area contributed by atoms with Gasteiger partial charge in [0.1, 0.15) is 11.6 Å². The van der Waals surface area contributed by atoms with Gasteiger partial charge in [-0.2, -0.15) is 5.26 Å². The minimum absolute atomic E-state index is 0.0663. The highest BCUT2D eigenvalue weighted by atomic mass is 19.2. The quantitative estimate of drug-likeness (QED) is 0.681. The van der Waals surface area contributed by atoms with E-state index in [-0.39, 0.29) is 17.2 Å². The largest absolute Gasteiger partial charge is 0.349 e. The summed E-state index contributed by atoms with van der Waals surface area (Å²) in [4.78, 5) is 11.9. The molecule has 0 radical (unpaired) electrons. The van der Waals surface area contributed by atoms with Crippen LogP contribution in [0.15, 0.2) is 23.8 Å². The molecule has 0 atom stereocenters. The van der Waals surface area contributed by atoms with Gasteiger partial charge in [-0.05, 0) is 25.0 Å². The van der Waals surface area contributed by atoms with E-state index < -0.39 is 17.5 Å². The van der Waals surface area contributed by atoms with Gasteiger partial charge in [0.15, 0.2) is 11.6 Å². The van der Waals surface area contributed by atoms with Crippen molar-refractivity contribution in [3.8, 4) is 6.07 Å². The number of benzene rings is 1. The molecule has 104 valence electrons. The predicted octanol–water partition coefficient (Wildman–Crippen LogP) is 2.93. The highest BCUT2D eigenvalue weighted by Crippen LogP contribution is 2.19. The van der Waals surface area contributed by atoms with Gasteiger partial charge in [0, 0.05) is 11.6 Å². The Kier molecular flexibility index (Phi) is 4.46. The summed E-state index contributed by atoms with van der Waals surface area (Å²) in [6.07, 6.45) is 4.95. The molecule has 0 aliphatic heterocycles. The van der Waals surface area contributed by atoms with Crippen molar-refractivity contribution in [1.29, 1.82) is 5.26 Å². The third-order valence-electron chi connectivity index (χ3n) is 3.34. The van der Waals surface area contributed by atoms with Crippen molar-refractivity contribution in [2.24, 2.45) is 0 Å². The van der Waals surface area contributed by atoms with E-state index in [9.17, 15) is 13.6 Å². The van der Waals surface area contributed by atoms with Crippen molar-refractivity contribution in [3.63, 3.8) is 0 Å². The van der Waals surface area contributed by atoms with Gasteiger partial charge in [-0.15, -0.1) is 0 Å². The Bertz CT molecular complexity index is 584. The highest BCUT2D eigenvalue weighted by molar-refractivity contribution is 6.01.